The maximum Gasteiger partial charge on any atom is 0.338 e. The van der Waals surface area contributed by atoms with E-state index in [-0.39, 0.29) is 35.3 Å². The summed E-state index contributed by atoms with van der Waals surface area (Å²) in [5, 5.41) is 14.6. The van der Waals surface area contributed by atoms with Gasteiger partial charge in [-0.05, 0) is 80.1 Å². The number of aromatic nitrogens is 3. The van der Waals surface area contributed by atoms with Gasteiger partial charge in [0.05, 0.1) is 29.4 Å². The number of rotatable bonds is 12. The van der Waals surface area contributed by atoms with Crippen molar-refractivity contribution >= 4 is 45.3 Å². The van der Waals surface area contributed by atoms with Gasteiger partial charge in [-0.3, -0.25) is 14.2 Å². The van der Waals surface area contributed by atoms with E-state index < -0.39 is 21.9 Å². The van der Waals surface area contributed by atoms with Crippen molar-refractivity contribution in [3.05, 3.63) is 95.3 Å². The second-order valence-corrected chi connectivity index (χ2v) is 12.8. The molecule has 0 aliphatic rings. The number of aryl methyl sites for hydroxylation is 1. The van der Waals surface area contributed by atoms with Gasteiger partial charge in [0.1, 0.15) is 0 Å². The molecule has 0 aliphatic heterocycles. The molecule has 44 heavy (non-hydrogen) atoms. The molecule has 3 aromatic carbocycles. The number of thioether (sulfide) groups is 1. The molecule has 0 unspecified atom stereocenters. The number of carbonyl (C=O) groups excluding carboxylic acids is 3. The first-order valence-electron chi connectivity index (χ1n) is 13.5. The molecule has 0 radical (unpaired) electrons. The molecule has 0 atom stereocenters. The molecule has 0 saturated heterocycles. The molecule has 14 heteroatoms. The number of nitrogens with zero attached hydrogens (tertiary/aromatic N) is 4. The summed E-state index contributed by atoms with van der Waals surface area (Å²) in [6.07, 6.45) is 0. The van der Waals surface area contributed by atoms with Gasteiger partial charge in [-0.25, -0.2) is 17.5 Å². The third-order valence-electron chi connectivity index (χ3n) is 6.27. The fourth-order valence-electron chi connectivity index (χ4n) is 4.02. The van der Waals surface area contributed by atoms with E-state index in [2.05, 4.69) is 20.8 Å². The lowest BCUT2D eigenvalue weighted by Gasteiger charge is -2.13. The van der Waals surface area contributed by atoms with Crippen molar-refractivity contribution in [2.45, 2.75) is 30.4 Å². The van der Waals surface area contributed by atoms with Gasteiger partial charge < -0.3 is 15.4 Å². The number of nitrogens with one attached hydrogen (secondary N) is 2. The highest BCUT2D eigenvalue weighted by Crippen LogP contribution is 2.23. The number of hydrogen-bond acceptors (Lipinski definition) is 9. The second kappa shape index (κ2) is 14.3. The van der Waals surface area contributed by atoms with Crippen LogP contribution in [0, 0.1) is 6.92 Å². The average Bonchev–Trinajstić information content (AvgIpc) is 3.42. The Balaban J connectivity index is 1.45. The molecule has 4 rings (SSSR count). The minimum Gasteiger partial charge on any atom is -0.462 e. The van der Waals surface area contributed by atoms with Gasteiger partial charge in [-0.15, -0.1) is 10.2 Å². The smallest absolute Gasteiger partial charge is 0.338 e. The molecule has 2 amide bonds. The highest BCUT2D eigenvalue weighted by Gasteiger charge is 2.20. The normalized spacial score (nSPS) is 11.3. The summed E-state index contributed by atoms with van der Waals surface area (Å²) < 4.78 is 32.5. The van der Waals surface area contributed by atoms with Gasteiger partial charge in [-0.2, -0.15) is 0 Å². The largest absolute Gasteiger partial charge is 0.462 e. The Morgan fingerprint density at radius 2 is 1.64 bits per heavy atom. The van der Waals surface area contributed by atoms with Gasteiger partial charge in [0.15, 0.2) is 11.0 Å². The number of benzene rings is 3. The molecular weight excluding hydrogens is 605 g/mol. The Morgan fingerprint density at radius 1 is 0.955 bits per heavy atom. The maximum atomic E-state index is 12.9. The number of amides is 2. The number of esters is 1. The van der Waals surface area contributed by atoms with Gasteiger partial charge in [-0.1, -0.05) is 23.9 Å². The van der Waals surface area contributed by atoms with Gasteiger partial charge >= 0.3 is 5.97 Å². The van der Waals surface area contributed by atoms with Gasteiger partial charge in [0, 0.05) is 31.0 Å². The quantitative estimate of drug-likeness (QED) is 0.175. The van der Waals surface area contributed by atoms with Crippen molar-refractivity contribution in [2.24, 2.45) is 0 Å². The lowest BCUT2D eigenvalue weighted by Crippen LogP contribution is -2.25. The van der Waals surface area contributed by atoms with Crippen molar-refractivity contribution in [1.82, 2.24) is 24.4 Å². The number of ether oxygens (including phenoxy) is 1. The van der Waals surface area contributed by atoms with Crippen LogP contribution in [0.5, 0.6) is 0 Å². The molecule has 1 aromatic heterocycles. The van der Waals surface area contributed by atoms with Crippen LogP contribution in [0.1, 0.15) is 39.0 Å². The lowest BCUT2D eigenvalue weighted by atomic mass is 10.2. The Kier molecular flexibility index (Phi) is 10.5. The zero-order valence-electron chi connectivity index (χ0n) is 24.6. The maximum absolute atomic E-state index is 12.9. The third-order valence-corrected chi connectivity index (χ3v) is 9.03. The van der Waals surface area contributed by atoms with Crippen LogP contribution < -0.4 is 10.6 Å². The summed E-state index contributed by atoms with van der Waals surface area (Å²) in [5.41, 5.74) is 2.96. The highest BCUT2D eigenvalue weighted by atomic mass is 32.2. The minimum atomic E-state index is -3.62. The fourth-order valence-corrected chi connectivity index (χ4v) is 5.69. The van der Waals surface area contributed by atoms with Gasteiger partial charge in [0.25, 0.3) is 5.91 Å². The van der Waals surface area contributed by atoms with Crippen molar-refractivity contribution in [3.8, 4) is 5.69 Å². The number of sulfonamides is 1. The second-order valence-electron chi connectivity index (χ2n) is 9.70. The van der Waals surface area contributed by atoms with Crippen LogP contribution in [0.4, 0.5) is 5.69 Å². The van der Waals surface area contributed by atoms with Crippen molar-refractivity contribution in [3.63, 3.8) is 0 Å². The van der Waals surface area contributed by atoms with E-state index >= 15 is 0 Å². The van der Waals surface area contributed by atoms with E-state index in [0.717, 1.165) is 15.6 Å². The highest BCUT2D eigenvalue weighted by molar-refractivity contribution is 7.99. The lowest BCUT2D eigenvalue weighted by molar-refractivity contribution is -0.113. The van der Waals surface area contributed by atoms with E-state index in [4.69, 9.17) is 4.74 Å². The number of carbonyl (C=O) groups is 3. The number of hydrogen-bond donors (Lipinski definition) is 2. The molecule has 0 aliphatic carbocycles. The predicted octanol–water partition coefficient (Wildman–Crippen LogP) is 3.66. The molecule has 0 spiro atoms. The molecule has 1 heterocycles. The van der Waals surface area contributed by atoms with E-state index in [0.29, 0.717) is 22.2 Å². The van der Waals surface area contributed by atoms with Crippen molar-refractivity contribution in [2.75, 3.05) is 31.8 Å². The Labute approximate surface area is 259 Å². The first-order valence-corrected chi connectivity index (χ1v) is 15.9. The van der Waals surface area contributed by atoms with Crippen LogP contribution in [-0.4, -0.2) is 71.7 Å². The Bertz CT molecular complexity index is 1750. The van der Waals surface area contributed by atoms with Gasteiger partial charge in [0.2, 0.25) is 15.9 Å². The molecule has 0 bridgehead atoms. The van der Waals surface area contributed by atoms with Crippen LogP contribution in [0.25, 0.3) is 5.69 Å². The molecule has 230 valence electrons. The fraction of sp³-hybridized carbons (Fsp3) is 0.233. The molecule has 4 aromatic rings. The topological polar surface area (TPSA) is 153 Å². The molecule has 2 N–H and O–H groups in total. The van der Waals surface area contributed by atoms with E-state index in [1.54, 1.807) is 35.8 Å². The summed E-state index contributed by atoms with van der Waals surface area (Å²) in [6.45, 7) is 3.97. The average molecular weight is 637 g/mol. The Morgan fingerprint density at radius 3 is 2.27 bits per heavy atom. The molecule has 0 fully saturated rings. The standard InChI is InChI=1S/C30H32N6O6S2/c1-5-42-29(39)22-9-13-23(14-10-22)32-27(37)19-43-30-34-33-26(36(30)24-8-6-7-20(2)17-24)18-31-28(38)21-11-15-25(16-12-21)44(40,41)35(3)4/h6-17H,5,18-19H2,1-4H3,(H,31,38)(H,32,37). The number of anilines is 1. The van der Waals surface area contributed by atoms with Crippen LogP contribution in [-0.2, 0) is 26.1 Å². The van der Waals surface area contributed by atoms with E-state index in [1.165, 1.54) is 50.1 Å². The zero-order chi connectivity index (χ0) is 31.9. The van der Waals surface area contributed by atoms with Crippen LogP contribution in [0.2, 0.25) is 0 Å². The van der Waals surface area contributed by atoms with Crippen molar-refractivity contribution < 1.29 is 27.5 Å². The molecule has 0 saturated carbocycles. The predicted molar refractivity (Wildman–Crippen MR) is 166 cm³/mol. The molecule has 12 nitrogen and oxygen atoms in total. The van der Waals surface area contributed by atoms with Crippen LogP contribution >= 0.6 is 11.8 Å². The van der Waals surface area contributed by atoms with Crippen LogP contribution in [0.15, 0.2) is 82.8 Å². The third kappa shape index (κ3) is 7.89. The minimum absolute atomic E-state index is 0.0249. The first-order chi connectivity index (χ1) is 21.0. The summed E-state index contributed by atoms with van der Waals surface area (Å²) in [5.74, 6) is -0.671. The summed E-state index contributed by atoms with van der Waals surface area (Å²) in [7, 11) is -0.742. The summed E-state index contributed by atoms with van der Waals surface area (Å²) in [4.78, 5) is 37.6. The van der Waals surface area contributed by atoms with E-state index in [9.17, 15) is 22.8 Å². The molecular formula is C30H32N6O6S2. The zero-order valence-corrected chi connectivity index (χ0v) is 26.2. The summed E-state index contributed by atoms with van der Waals surface area (Å²) >= 11 is 1.18. The van der Waals surface area contributed by atoms with Crippen molar-refractivity contribution in [1.29, 1.82) is 0 Å². The Hall–Kier alpha value is -4.53. The SMILES string of the molecule is CCOC(=O)c1ccc(NC(=O)CSc2nnc(CNC(=O)c3ccc(S(=O)(=O)N(C)C)cc3)n2-c2cccc(C)c2)cc1. The first kappa shape index (κ1) is 32.4. The summed E-state index contributed by atoms with van der Waals surface area (Å²) in [6, 6.07) is 19.7. The monoisotopic (exact) mass is 636 g/mol. The van der Waals surface area contributed by atoms with E-state index in [1.807, 2.05) is 31.2 Å². The van der Waals surface area contributed by atoms with Crippen LogP contribution in [0.3, 0.4) is 0 Å².